The molecule has 6 aromatic rings. The molecule has 0 spiro atoms. The van der Waals surface area contributed by atoms with Crippen molar-refractivity contribution in [3.05, 3.63) is 96.4 Å². The van der Waals surface area contributed by atoms with Crippen molar-refractivity contribution in [2.75, 3.05) is 0 Å². The minimum absolute atomic E-state index is 1.29. The Bertz CT molecular complexity index is 1470. The third-order valence-electron chi connectivity index (χ3n) is 5.04. The number of hydrogen-bond donors (Lipinski definition) is 0. The van der Waals surface area contributed by atoms with Crippen LogP contribution in [0.4, 0.5) is 0 Å². The van der Waals surface area contributed by atoms with Gasteiger partial charge in [0.05, 0.1) is 4.21 Å². The van der Waals surface area contributed by atoms with Crippen LogP contribution < -0.4 is 0 Å². The molecular weight excluding hydrogens is 441 g/mol. The summed E-state index contributed by atoms with van der Waals surface area (Å²) in [5, 5.41) is 7.62. The molecule has 0 aliphatic carbocycles. The van der Waals surface area contributed by atoms with Crippen LogP contribution in [0.25, 0.3) is 30.9 Å². The topological polar surface area (TPSA) is 0 Å². The highest BCUT2D eigenvalue weighted by molar-refractivity contribution is 8.01. The van der Waals surface area contributed by atoms with E-state index in [1.165, 1.54) is 49.8 Å². The molecule has 0 atom stereocenters. The summed E-state index contributed by atoms with van der Waals surface area (Å²) in [4.78, 5) is 3.92. The quantitative estimate of drug-likeness (QED) is 0.259. The lowest BCUT2D eigenvalue weighted by atomic mass is 10.1. The van der Waals surface area contributed by atoms with E-state index in [9.17, 15) is 0 Å². The smallest absolute Gasteiger partial charge is 0.0658 e. The molecule has 30 heavy (non-hydrogen) atoms. The van der Waals surface area contributed by atoms with Crippen molar-refractivity contribution in [2.24, 2.45) is 0 Å². The van der Waals surface area contributed by atoms with Crippen molar-refractivity contribution in [3.63, 3.8) is 0 Å². The summed E-state index contributed by atoms with van der Waals surface area (Å²) in [5.74, 6) is 0. The molecule has 0 amide bonds. The minimum Gasteiger partial charge on any atom is -0.143 e. The van der Waals surface area contributed by atoms with Gasteiger partial charge in [0.2, 0.25) is 0 Å². The molecule has 0 radical (unpaired) electrons. The van der Waals surface area contributed by atoms with Crippen molar-refractivity contribution in [1.29, 1.82) is 0 Å². The van der Waals surface area contributed by atoms with Crippen molar-refractivity contribution >= 4 is 77.1 Å². The van der Waals surface area contributed by atoms with E-state index in [0.29, 0.717) is 0 Å². The van der Waals surface area contributed by atoms with E-state index in [-0.39, 0.29) is 0 Å². The van der Waals surface area contributed by atoms with Crippen LogP contribution in [0.1, 0.15) is 0 Å². The van der Waals surface area contributed by atoms with E-state index in [2.05, 4.69) is 96.4 Å². The third kappa shape index (κ3) is 3.54. The van der Waals surface area contributed by atoms with Crippen LogP contribution >= 0.6 is 46.2 Å². The molecule has 0 saturated heterocycles. The van der Waals surface area contributed by atoms with Gasteiger partial charge in [0.1, 0.15) is 0 Å². The van der Waals surface area contributed by atoms with Crippen LogP contribution in [0.15, 0.2) is 115 Å². The average molecular weight is 457 g/mol. The normalized spacial score (nSPS) is 11.6. The summed E-state index contributed by atoms with van der Waals surface area (Å²) in [7, 11) is 0. The molecule has 0 N–H and O–H groups in total. The summed E-state index contributed by atoms with van der Waals surface area (Å²) in [6.07, 6.45) is 0. The van der Waals surface area contributed by atoms with Gasteiger partial charge in [-0.25, -0.2) is 0 Å². The fourth-order valence-corrected chi connectivity index (χ4v) is 7.95. The molecule has 6 rings (SSSR count). The molecule has 0 nitrogen and oxygen atoms in total. The first-order chi connectivity index (χ1) is 14.8. The molecule has 2 aromatic heterocycles. The zero-order valence-corrected chi connectivity index (χ0v) is 19.1. The molecule has 0 bridgehead atoms. The average Bonchev–Trinajstić information content (AvgIpc) is 3.34. The van der Waals surface area contributed by atoms with Crippen molar-refractivity contribution in [1.82, 2.24) is 0 Å². The molecule has 4 aromatic carbocycles. The van der Waals surface area contributed by atoms with E-state index < -0.39 is 0 Å². The van der Waals surface area contributed by atoms with Gasteiger partial charge < -0.3 is 0 Å². The van der Waals surface area contributed by atoms with Gasteiger partial charge in [0.25, 0.3) is 0 Å². The maximum Gasteiger partial charge on any atom is 0.0658 e. The van der Waals surface area contributed by atoms with Crippen molar-refractivity contribution in [2.45, 2.75) is 18.9 Å². The molecule has 0 saturated carbocycles. The van der Waals surface area contributed by atoms with Gasteiger partial charge in [-0.2, -0.15) is 0 Å². The Morgan fingerprint density at radius 1 is 0.567 bits per heavy atom. The Balaban J connectivity index is 1.41. The third-order valence-corrected chi connectivity index (χ3v) is 9.42. The first kappa shape index (κ1) is 18.5. The number of thiophene rings is 2. The highest BCUT2D eigenvalue weighted by Gasteiger charge is 2.10. The summed E-state index contributed by atoms with van der Waals surface area (Å²) in [6, 6.07) is 33.0. The predicted molar refractivity (Wildman–Crippen MR) is 136 cm³/mol. The summed E-state index contributed by atoms with van der Waals surface area (Å²) >= 11 is 7.42. The molecule has 2 heterocycles. The Kier molecular flexibility index (Phi) is 4.81. The van der Waals surface area contributed by atoms with Crippen LogP contribution in [-0.2, 0) is 0 Å². The van der Waals surface area contributed by atoms with Crippen molar-refractivity contribution in [3.8, 4) is 0 Å². The molecule has 0 aliphatic heterocycles. The fourth-order valence-electron chi connectivity index (χ4n) is 3.61. The van der Waals surface area contributed by atoms with Crippen LogP contribution in [-0.4, -0.2) is 0 Å². The van der Waals surface area contributed by atoms with Gasteiger partial charge in [0.15, 0.2) is 0 Å². The summed E-state index contributed by atoms with van der Waals surface area (Å²) < 4.78 is 4.05. The van der Waals surface area contributed by atoms with Gasteiger partial charge in [0, 0.05) is 34.9 Å². The highest BCUT2D eigenvalue weighted by atomic mass is 32.2. The molecular formula is C26H16S4. The van der Waals surface area contributed by atoms with Gasteiger partial charge in [-0.3, -0.25) is 0 Å². The van der Waals surface area contributed by atoms with E-state index in [4.69, 9.17) is 0 Å². The highest BCUT2D eigenvalue weighted by Crippen LogP contribution is 2.42. The maximum absolute atomic E-state index is 2.37. The van der Waals surface area contributed by atoms with Gasteiger partial charge in [-0.1, -0.05) is 59.9 Å². The van der Waals surface area contributed by atoms with Crippen LogP contribution in [0.2, 0.25) is 0 Å². The molecule has 0 aliphatic rings. The summed E-state index contributed by atoms with van der Waals surface area (Å²) in [5.41, 5.74) is 0. The molecule has 4 heteroatoms. The standard InChI is InChI=1S/C26H16S4/c1-3-7-20(8-4-1)28-25-16-27-24-14-17-11-19-15-26(29-21-9-5-2-6-10-21)30-23(19)13-18(17)12-22(24)25/h1-16H. The van der Waals surface area contributed by atoms with E-state index in [0.717, 1.165) is 0 Å². The second-order valence-electron chi connectivity index (χ2n) is 7.08. The minimum atomic E-state index is 1.29. The fraction of sp³-hybridized carbons (Fsp3) is 0. The lowest BCUT2D eigenvalue weighted by molar-refractivity contribution is 1.45. The number of rotatable bonds is 4. The van der Waals surface area contributed by atoms with Gasteiger partial charge in [-0.05, 0) is 70.8 Å². The lowest BCUT2D eigenvalue weighted by Gasteiger charge is -2.03. The number of hydrogen-bond acceptors (Lipinski definition) is 4. The predicted octanol–water partition coefficient (Wildman–Crippen LogP) is 9.57. The van der Waals surface area contributed by atoms with E-state index in [1.807, 2.05) is 46.2 Å². The first-order valence-electron chi connectivity index (χ1n) is 9.66. The monoisotopic (exact) mass is 456 g/mol. The molecule has 144 valence electrons. The Labute approximate surface area is 191 Å². The van der Waals surface area contributed by atoms with Crippen LogP contribution in [0, 0.1) is 0 Å². The zero-order valence-electron chi connectivity index (χ0n) is 15.9. The maximum atomic E-state index is 2.37. The SMILES string of the molecule is c1ccc(Sc2cc3cc4cc5scc(Sc6ccccc6)c5cc4cc3s2)cc1. The Morgan fingerprint density at radius 3 is 2.00 bits per heavy atom. The Morgan fingerprint density at radius 2 is 1.23 bits per heavy atom. The van der Waals surface area contributed by atoms with Crippen molar-refractivity contribution < 1.29 is 0 Å². The zero-order chi connectivity index (χ0) is 19.9. The first-order valence-corrected chi connectivity index (χ1v) is 13.0. The number of benzene rings is 4. The second kappa shape index (κ2) is 7.78. The van der Waals surface area contributed by atoms with Gasteiger partial charge >= 0.3 is 0 Å². The van der Waals surface area contributed by atoms with Crippen LogP contribution in [0.5, 0.6) is 0 Å². The summed E-state index contributed by atoms with van der Waals surface area (Å²) in [6.45, 7) is 0. The number of fused-ring (bicyclic) bond motifs is 3. The van der Waals surface area contributed by atoms with Crippen LogP contribution in [0.3, 0.4) is 0 Å². The van der Waals surface area contributed by atoms with E-state index in [1.54, 1.807) is 0 Å². The molecule has 0 fully saturated rings. The lowest BCUT2D eigenvalue weighted by Crippen LogP contribution is -1.75. The second-order valence-corrected chi connectivity index (χ2v) is 11.6. The van der Waals surface area contributed by atoms with Gasteiger partial charge in [-0.15, -0.1) is 22.7 Å². The van der Waals surface area contributed by atoms with E-state index >= 15 is 0 Å². The largest absolute Gasteiger partial charge is 0.143 e. The Hall–Kier alpha value is -2.24. The molecule has 0 unspecified atom stereocenters.